The van der Waals surface area contributed by atoms with Crippen LogP contribution >= 0.6 is 11.6 Å². The maximum Gasteiger partial charge on any atom is 0.323 e. The molecule has 0 radical (unpaired) electrons. The molecule has 1 aromatic carbocycles. The molecule has 0 saturated carbocycles. The van der Waals surface area contributed by atoms with E-state index in [1.54, 1.807) is 0 Å². The normalized spacial score (nSPS) is 13.3. The van der Waals surface area contributed by atoms with Gasteiger partial charge in [-0.15, -0.1) is 0 Å². The second-order valence-electron chi connectivity index (χ2n) is 6.22. The van der Waals surface area contributed by atoms with Crippen LogP contribution in [0, 0.1) is 5.92 Å². The molecule has 0 saturated heterocycles. The smallest absolute Gasteiger partial charge is 0.323 e. The van der Waals surface area contributed by atoms with Gasteiger partial charge in [-0.2, -0.15) is 0 Å². The molecule has 0 aromatic heterocycles. The van der Waals surface area contributed by atoms with E-state index in [2.05, 4.69) is 0 Å². The minimum atomic E-state index is -0.584. The van der Waals surface area contributed by atoms with E-state index in [1.165, 1.54) is 0 Å². The maximum absolute atomic E-state index is 12.0. The molecule has 1 rings (SSSR count). The lowest BCUT2D eigenvalue weighted by Crippen LogP contribution is -2.40. The highest BCUT2D eigenvalue weighted by atomic mass is 35.5. The Morgan fingerprint density at radius 3 is 2.35 bits per heavy atom. The average Bonchev–Trinajstić information content (AvgIpc) is 2.30. The molecule has 0 aliphatic heterocycles. The van der Waals surface area contributed by atoms with Crippen LogP contribution in [0.25, 0.3) is 0 Å². The Morgan fingerprint density at radius 1 is 1.30 bits per heavy atom. The van der Waals surface area contributed by atoms with E-state index in [0.717, 1.165) is 5.56 Å². The summed E-state index contributed by atoms with van der Waals surface area (Å²) >= 11 is 5.86. The van der Waals surface area contributed by atoms with Gasteiger partial charge in [0.1, 0.15) is 11.6 Å². The number of carbonyl (C=O) groups excluding carboxylic acids is 1. The fraction of sp³-hybridized carbons (Fsp3) is 0.562. The van der Waals surface area contributed by atoms with Crippen molar-refractivity contribution in [2.24, 2.45) is 11.7 Å². The summed E-state index contributed by atoms with van der Waals surface area (Å²) in [6, 6.07) is 6.98. The minimum absolute atomic E-state index is 0.335. The Kier molecular flexibility index (Phi) is 6.03. The summed E-state index contributed by atoms with van der Waals surface area (Å²) in [6.45, 7) is 7.85. The summed E-state index contributed by atoms with van der Waals surface area (Å²) < 4.78 is 5.54. The van der Waals surface area contributed by atoms with Crippen LogP contribution in [0.4, 0.5) is 0 Å². The molecule has 0 spiro atoms. The SMILES string of the molecule is CC(C)CC(N)C(=O)OC(C)(C)Cc1ccc(Cl)cc1. The molecule has 1 atom stereocenters. The van der Waals surface area contributed by atoms with Gasteiger partial charge in [-0.3, -0.25) is 4.79 Å². The zero-order valence-corrected chi connectivity index (χ0v) is 13.4. The molecule has 0 aliphatic carbocycles. The van der Waals surface area contributed by atoms with Gasteiger partial charge in [0.15, 0.2) is 0 Å². The Morgan fingerprint density at radius 2 is 1.85 bits per heavy atom. The topological polar surface area (TPSA) is 52.3 Å². The van der Waals surface area contributed by atoms with Gasteiger partial charge in [0, 0.05) is 11.4 Å². The molecule has 3 nitrogen and oxygen atoms in total. The number of ether oxygens (including phenoxy) is 1. The Labute approximate surface area is 126 Å². The predicted octanol–water partition coefficient (Wildman–Crippen LogP) is 3.58. The monoisotopic (exact) mass is 297 g/mol. The molecule has 1 aromatic rings. The van der Waals surface area contributed by atoms with Crippen molar-refractivity contribution in [2.45, 2.75) is 52.2 Å². The van der Waals surface area contributed by atoms with Crippen LogP contribution in [0.15, 0.2) is 24.3 Å². The lowest BCUT2D eigenvalue weighted by atomic mass is 9.98. The number of halogens is 1. The van der Waals surface area contributed by atoms with Crippen molar-refractivity contribution in [3.63, 3.8) is 0 Å². The standard InChI is InChI=1S/C16H24ClNO2/c1-11(2)9-14(18)15(19)20-16(3,4)10-12-5-7-13(17)8-6-12/h5-8,11,14H,9-10,18H2,1-4H3. The molecule has 0 bridgehead atoms. The third-order valence-electron chi connectivity index (χ3n) is 2.95. The lowest BCUT2D eigenvalue weighted by Gasteiger charge is -2.27. The van der Waals surface area contributed by atoms with Crippen molar-refractivity contribution in [3.8, 4) is 0 Å². The zero-order chi connectivity index (χ0) is 15.3. The van der Waals surface area contributed by atoms with Gasteiger partial charge < -0.3 is 10.5 Å². The van der Waals surface area contributed by atoms with E-state index in [0.29, 0.717) is 23.8 Å². The number of esters is 1. The van der Waals surface area contributed by atoms with Gasteiger partial charge >= 0.3 is 5.97 Å². The van der Waals surface area contributed by atoms with E-state index < -0.39 is 11.6 Å². The highest BCUT2D eigenvalue weighted by Gasteiger charge is 2.27. The Hall–Kier alpha value is -1.06. The van der Waals surface area contributed by atoms with Crippen LogP contribution in [0.2, 0.25) is 5.02 Å². The predicted molar refractivity (Wildman–Crippen MR) is 82.8 cm³/mol. The summed E-state index contributed by atoms with van der Waals surface area (Å²) in [6.07, 6.45) is 1.26. The number of benzene rings is 1. The van der Waals surface area contributed by atoms with Crippen LogP contribution in [0.3, 0.4) is 0 Å². The third kappa shape index (κ3) is 5.93. The Balaban J connectivity index is 2.60. The third-order valence-corrected chi connectivity index (χ3v) is 3.20. The van der Waals surface area contributed by atoms with Crippen molar-refractivity contribution in [3.05, 3.63) is 34.9 Å². The fourth-order valence-corrected chi connectivity index (χ4v) is 2.21. The van der Waals surface area contributed by atoms with Gasteiger partial charge in [0.25, 0.3) is 0 Å². The quantitative estimate of drug-likeness (QED) is 0.817. The fourth-order valence-electron chi connectivity index (χ4n) is 2.08. The summed E-state index contributed by atoms with van der Waals surface area (Å²) in [4.78, 5) is 12.0. The zero-order valence-electron chi connectivity index (χ0n) is 12.7. The molecule has 112 valence electrons. The van der Waals surface area contributed by atoms with E-state index in [4.69, 9.17) is 22.1 Å². The first-order valence-electron chi connectivity index (χ1n) is 6.92. The van der Waals surface area contributed by atoms with Gasteiger partial charge in [0.2, 0.25) is 0 Å². The number of hydrogen-bond acceptors (Lipinski definition) is 3. The van der Waals surface area contributed by atoms with Crippen molar-refractivity contribution in [1.82, 2.24) is 0 Å². The largest absolute Gasteiger partial charge is 0.458 e. The van der Waals surface area contributed by atoms with Crippen molar-refractivity contribution < 1.29 is 9.53 Å². The highest BCUT2D eigenvalue weighted by molar-refractivity contribution is 6.30. The average molecular weight is 298 g/mol. The van der Waals surface area contributed by atoms with Gasteiger partial charge in [0.05, 0.1) is 0 Å². The van der Waals surface area contributed by atoms with Crippen molar-refractivity contribution in [1.29, 1.82) is 0 Å². The van der Waals surface area contributed by atoms with Gasteiger partial charge in [-0.1, -0.05) is 37.6 Å². The molecular weight excluding hydrogens is 274 g/mol. The number of nitrogens with two attached hydrogens (primary N) is 1. The molecule has 1 unspecified atom stereocenters. The first-order chi connectivity index (χ1) is 9.19. The molecule has 4 heteroatoms. The molecule has 0 heterocycles. The van der Waals surface area contributed by atoms with Crippen LogP contribution in [-0.4, -0.2) is 17.6 Å². The molecule has 0 fully saturated rings. The maximum atomic E-state index is 12.0. The molecule has 0 amide bonds. The summed E-state index contributed by atoms with van der Waals surface area (Å²) in [5.74, 6) is 0.0367. The van der Waals surface area contributed by atoms with Crippen LogP contribution in [0.5, 0.6) is 0 Å². The van der Waals surface area contributed by atoms with E-state index >= 15 is 0 Å². The van der Waals surface area contributed by atoms with E-state index in [-0.39, 0.29) is 5.97 Å². The first kappa shape index (κ1) is 17.0. The molecular formula is C16H24ClNO2. The molecule has 2 N–H and O–H groups in total. The summed E-state index contributed by atoms with van der Waals surface area (Å²) in [7, 11) is 0. The molecule has 20 heavy (non-hydrogen) atoms. The summed E-state index contributed by atoms with van der Waals surface area (Å²) in [5.41, 5.74) is 6.34. The highest BCUT2D eigenvalue weighted by Crippen LogP contribution is 2.20. The Bertz CT molecular complexity index is 440. The summed E-state index contributed by atoms with van der Waals surface area (Å²) in [5, 5.41) is 0.697. The number of carbonyl (C=O) groups is 1. The van der Waals surface area contributed by atoms with Crippen LogP contribution < -0.4 is 5.73 Å². The lowest BCUT2D eigenvalue weighted by molar-refractivity contribution is -0.158. The van der Waals surface area contributed by atoms with E-state index in [1.807, 2.05) is 52.0 Å². The van der Waals surface area contributed by atoms with Gasteiger partial charge in [-0.05, 0) is 43.9 Å². The number of hydrogen-bond donors (Lipinski definition) is 1. The van der Waals surface area contributed by atoms with E-state index in [9.17, 15) is 4.79 Å². The first-order valence-corrected chi connectivity index (χ1v) is 7.30. The minimum Gasteiger partial charge on any atom is -0.458 e. The second kappa shape index (κ2) is 7.09. The van der Waals surface area contributed by atoms with Crippen LogP contribution in [0.1, 0.15) is 39.7 Å². The van der Waals surface area contributed by atoms with Crippen molar-refractivity contribution in [2.75, 3.05) is 0 Å². The van der Waals surface area contributed by atoms with Crippen LogP contribution in [-0.2, 0) is 16.0 Å². The molecule has 0 aliphatic rings. The van der Waals surface area contributed by atoms with Gasteiger partial charge in [-0.25, -0.2) is 0 Å². The number of rotatable bonds is 6. The second-order valence-corrected chi connectivity index (χ2v) is 6.66. The van der Waals surface area contributed by atoms with Crippen molar-refractivity contribution >= 4 is 17.6 Å².